The van der Waals surface area contributed by atoms with Crippen LogP contribution in [0, 0.1) is 0 Å². The molecule has 49 heavy (non-hydrogen) atoms. The van der Waals surface area contributed by atoms with Crippen LogP contribution in [0.2, 0.25) is 0 Å². The smallest absolute Gasteiger partial charge is 0.137 e. The summed E-state index contributed by atoms with van der Waals surface area (Å²) in [4.78, 5) is 2.43. The zero-order valence-electron chi connectivity index (χ0n) is 27.4. The summed E-state index contributed by atoms with van der Waals surface area (Å²) in [6, 6.07) is 59.5. The van der Waals surface area contributed by atoms with Crippen LogP contribution in [0.1, 0.15) is 25.0 Å². The molecule has 0 spiro atoms. The molecule has 2 nitrogen and oxygen atoms in total. The van der Waals surface area contributed by atoms with Crippen LogP contribution >= 0.6 is 0 Å². The van der Waals surface area contributed by atoms with Gasteiger partial charge in [-0.15, -0.1) is 0 Å². The van der Waals surface area contributed by atoms with Crippen LogP contribution in [0.15, 0.2) is 168 Å². The number of rotatable bonds is 4. The molecule has 8 aromatic carbocycles. The molecule has 232 valence electrons. The summed E-state index contributed by atoms with van der Waals surface area (Å²) in [7, 11) is 0. The zero-order chi connectivity index (χ0) is 32.7. The van der Waals surface area contributed by atoms with Crippen LogP contribution in [0.5, 0.6) is 0 Å². The van der Waals surface area contributed by atoms with Crippen molar-refractivity contribution in [3.8, 4) is 22.3 Å². The summed E-state index contributed by atoms with van der Waals surface area (Å²) >= 11 is 0. The molecule has 1 aromatic heterocycles. The monoisotopic (exact) mass is 627 g/mol. The lowest BCUT2D eigenvalue weighted by Gasteiger charge is -2.30. The number of furan rings is 1. The standard InChI is InChI=1S/C47H33NO/c1-47(2)41-19-11-10-18-37(41)38-24-23-35(27-42(38)47)48(34-22-20-30-12-6-7-16-33(30)26-34)43-29-45-40(28-39(43)31-13-4-3-5-14-31)46-36-17-9-8-15-32(36)21-25-44(46)49-45/h3-29H,1-2H3. The van der Waals surface area contributed by atoms with Gasteiger partial charge in [0, 0.05) is 39.2 Å². The Balaban J connectivity index is 1.29. The molecular formula is C47H33NO. The van der Waals surface area contributed by atoms with Crippen molar-refractivity contribution in [2.75, 3.05) is 4.90 Å². The van der Waals surface area contributed by atoms with E-state index in [1.165, 1.54) is 43.8 Å². The number of fused-ring (bicyclic) bond motifs is 9. The molecule has 0 radical (unpaired) electrons. The molecule has 1 aliphatic rings. The second-order valence-electron chi connectivity index (χ2n) is 13.8. The Kier molecular flexibility index (Phi) is 5.95. The molecule has 1 aliphatic carbocycles. The van der Waals surface area contributed by atoms with Crippen LogP contribution in [-0.2, 0) is 5.41 Å². The first kappa shape index (κ1) is 27.9. The second kappa shape index (κ2) is 10.4. The Labute approximate surface area is 285 Å². The third kappa shape index (κ3) is 4.20. The predicted molar refractivity (Wildman–Crippen MR) is 206 cm³/mol. The summed E-state index contributed by atoms with van der Waals surface area (Å²) in [5.74, 6) is 0. The average molecular weight is 628 g/mol. The molecule has 0 saturated heterocycles. The van der Waals surface area contributed by atoms with Gasteiger partial charge >= 0.3 is 0 Å². The maximum absolute atomic E-state index is 6.71. The van der Waals surface area contributed by atoms with Gasteiger partial charge in [0.25, 0.3) is 0 Å². The van der Waals surface area contributed by atoms with Crippen LogP contribution in [0.25, 0.3) is 65.7 Å². The SMILES string of the molecule is CC1(C)c2ccccc2-c2ccc(N(c3ccc4ccccc4c3)c3cc4oc5ccc6ccccc6c5c4cc3-c3ccccc3)cc21. The molecule has 10 rings (SSSR count). The van der Waals surface area contributed by atoms with E-state index in [2.05, 4.69) is 183 Å². The van der Waals surface area contributed by atoms with Gasteiger partial charge in [-0.1, -0.05) is 135 Å². The number of hydrogen-bond acceptors (Lipinski definition) is 2. The summed E-state index contributed by atoms with van der Waals surface area (Å²) < 4.78 is 6.71. The largest absolute Gasteiger partial charge is 0.456 e. The van der Waals surface area contributed by atoms with Crippen LogP contribution in [0.4, 0.5) is 17.1 Å². The predicted octanol–water partition coefficient (Wildman–Crippen LogP) is 13.3. The highest BCUT2D eigenvalue weighted by molar-refractivity contribution is 6.20. The summed E-state index contributed by atoms with van der Waals surface area (Å²) in [6.45, 7) is 4.70. The molecule has 0 unspecified atom stereocenters. The van der Waals surface area contributed by atoms with Crippen LogP contribution in [-0.4, -0.2) is 0 Å². The van der Waals surface area contributed by atoms with Gasteiger partial charge in [-0.2, -0.15) is 0 Å². The molecule has 0 N–H and O–H groups in total. The molecule has 0 bridgehead atoms. The number of anilines is 3. The Bertz CT molecular complexity index is 2750. The van der Waals surface area contributed by atoms with E-state index < -0.39 is 0 Å². The molecule has 0 atom stereocenters. The van der Waals surface area contributed by atoms with Crippen molar-refractivity contribution in [2.24, 2.45) is 0 Å². The maximum Gasteiger partial charge on any atom is 0.137 e. The minimum absolute atomic E-state index is 0.122. The molecule has 2 heteroatoms. The van der Waals surface area contributed by atoms with Crippen LogP contribution in [0.3, 0.4) is 0 Å². The van der Waals surface area contributed by atoms with E-state index >= 15 is 0 Å². The summed E-state index contributed by atoms with van der Waals surface area (Å²) in [5, 5.41) is 7.13. The van der Waals surface area contributed by atoms with Crippen molar-refractivity contribution >= 4 is 60.5 Å². The molecule has 9 aromatic rings. The van der Waals surface area contributed by atoms with E-state index in [4.69, 9.17) is 4.42 Å². The van der Waals surface area contributed by atoms with E-state index in [9.17, 15) is 0 Å². The molecular weight excluding hydrogens is 595 g/mol. The highest BCUT2D eigenvalue weighted by Crippen LogP contribution is 2.52. The lowest BCUT2D eigenvalue weighted by molar-refractivity contribution is 0.660. The molecule has 0 amide bonds. The summed E-state index contributed by atoms with van der Waals surface area (Å²) in [6.07, 6.45) is 0. The highest BCUT2D eigenvalue weighted by Gasteiger charge is 2.36. The first-order valence-corrected chi connectivity index (χ1v) is 17.0. The van der Waals surface area contributed by atoms with E-state index in [1.54, 1.807) is 0 Å². The third-order valence-corrected chi connectivity index (χ3v) is 10.6. The van der Waals surface area contributed by atoms with Gasteiger partial charge in [0.2, 0.25) is 0 Å². The van der Waals surface area contributed by atoms with E-state index in [1.807, 2.05) is 0 Å². The van der Waals surface area contributed by atoms with Crippen LogP contribution < -0.4 is 4.90 Å². The van der Waals surface area contributed by atoms with E-state index in [0.717, 1.165) is 50.1 Å². The van der Waals surface area contributed by atoms with Crippen molar-refractivity contribution < 1.29 is 4.42 Å². The fraction of sp³-hybridized carbons (Fsp3) is 0.0638. The zero-order valence-corrected chi connectivity index (χ0v) is 27.4. The number of benzene rings is 8. The number of nitrogens with zero attached hydrogens (tertiary/aromatic N) is 1. The molecule has 1 heterocycles. The van der Waals surface area contributed by atoms with Gasteiger partial charge in [-0.3, -0.25) is 0 Å². The maximum atomic E-state index is 6.71. The quantitative estimate of drug-likeness (QED) is 0.193. The Hall–Kier alpha value is -6.12. The van der Waals surface area contributed by atoms with E-state index in [0.29, 0.717) is 0 Å². The minimum Gasteiger partial charge on any atom is -0.456 e. The van der Waals surface area contributed by atoms with E-state index in [-0.39, 0.29) is 5.41 Å². The van der Waals surface area contributed by atoms with Gasteiger partial charge in [-0.05, 0) is 85.8 Å². The third-order valence-electron chi connectivity index (χ3n) is 10.6. The lowest BCUT2D eigenvalue weighted by atomic mass is 9.82. The Morgan fingerprint density at radius 1 is 0.449 bits per heavy atom. The van der Waals surface area contributed by atoms with Crippen molar-refractivity contribution in [3.05, 3.63) is 175 Å². The topological polar surface area (TPSA) is 16.4 Å². The van der Waals surface area contributed by atoms with Crippen molar-refractivity contribution in [1.29, 1.82) is 0 Å². The van der Waals surface area contributed by atoms with Crippen molar-refractivity contribution in [2.45, 2.75) is 19.3 Å². The first-order chi connectivity index (χ1) is 24.0. The molecule has 0 aliphatic heterocycles. The first-order valence-electron chi connectivity index (χ1n) is 17.0. The Morgan fingerprint density at radius 2 is 1.12 bits per heavy atom. The molecule has 0 fully saturated rings. The van der Waals surface area contributed by atoms with Gasteiger partial charge in [-0.25, -0.2) is 0 Å². The van der Waals surface area contributed by atoms with Gasteiger partial charge in [0.15, 0.2) is 0 Å². The fourth-order valence-electron chi connectivity index (χ4n) is 8.19. The fourth-order valence-corrected chi connectivity index (χ4v) is 8.19. The number of hydrogen-bond donors (Lipinski definition) is 0. The minimum atomic E-state index is -0.122. The van der Waals surface area contributed by atoms with Gasteiger partial charge < -0.3 is 9.32 Å². The highest BCUT2D eigenvalue weighted by atomic mass is 16.3. The van der Waals surface area contributed by atoms with Gasteiger partial charge in [0.05, 0.1) is 5.69 Å². The van der Waals surface area contributed by atoms with Gasteiger partial charge in [0.1, 0.15) is 11.2 Å². The summed E-state index contributed by atoms with van der Waals surface area (Å²) in [5.41, 5.74) is 12.6. The second-order valence-corrected chi connectivity index (χ2v) is 13.8. The lowest BCUT2D eigenvalue weighted by Crippen LogP contribution is -2.17. The molecule has 0 saturated carbocycles. The van der Waals surface area contributed by atoms with Crippen molar-refractivity contribution in [3.63, 3.8) is 0 Å². The van der Waals surface area contributed by atoms with Crippen molar-refractivity contribution in [1.82, 2.24) is 0 Å². The average Bonchev–Trinajstić information content (AvgIpc) is 3.63. The Morgan fingerprint density at radius 3 is 2.00 bits per heavy atom. The normalized spacial score (nSPS) is 13.3.